The van der Waals surface area contributed by atoms with E-state index in [9.17, 15) is 26.4 Å². The van der Waals surface area contributed by atoms with Crippen molar-refractivity contribution in [1.29, 1.82) is 0 Å². The lowest BCUT2D eigenvalue weighted by atomic mass is 10.1. The second-order valence-electron chi connectivity index (χ2n) is 7.08. The van der Waals surface area contributed by atoms with Crippen LogP contribution in [0.5, 0.6) is 0 Å². The van der Waals surface area contributed by atoms with Gasteiger partial charge in [0, 0.05) is 44.0 Å². The molecule has 1 aliphatic rings. The van der Waals surface area contributed by atoms with Crippen molar-refractivity contribution in [2.24, 2.45) is 0 Å². The smallest absolute Gasteiger partial charge is 0.369 e. The van der Waals surface area contributed by atoms with Gasteiger partial charge in [-0.15, -0.1) is 0 Å². The number of hydrogen-bond acceptors (Lipinski definition) is 5. The van der Waals surface area contributed by atoms with Gasteiger partial charge >= 0.3 is 5.51 Å². The molecule has 0 spiro atoms. The van der Waals surface area contributed by atoms with Crippen LogP contribution in [-0.2, 0) is 16.4 Å². The molecule has 0 radical (unpaired) electrons. The summed E-state index contributed by atoms with van der Waals surface area (Å²) in [5.41, 5.74) is -3.36. The fourth-order valence-electron chi connectivity index (χ4n) is 3.21. The Kier molecular flexibility index (Phi) is 6.37. The van der Waals surface area contributed by atoms with E-state index in [0.717, 1.165) is 61.7 Å². The van der Waals surface area contributed by atoms with Crippen LogP contribution in [0.3, 0.4) is 0 Å². The fourth-order valence-corrected chi connectivity index (χ4v) is 3.97. The van der Waals surface area contributed by atoms with Crippen LogP contribution in [0.15, 0.2) is 53.4 Å². The minimum Gasteiger partial charge on any atom is -0.369 e. The van der Waals surface area contributed by atoms with E-state index < -0.39 is 26.1 Å². The monoisotopic (exact) mass is 441 g/mol. The van der Waals surface area contributed by atoms with Crippen LogP contribution < -0.4 is 10.2 Å². The van der Waals surface area contributed by atoms with E-state index in [1.807, 2.05) is 24.3 Å². The van der Waals surface area contributed by atoms with Crippen molar-refractivity contribution in [3.05, 3.63) is 59.7 Å². The number of nitrogens with zero attached hydrogens (tertiary/aromatic N) is 2. The lowest BCUT2D eigenvalue weighted by molar-refractivity contribution is -0.0436. The largest absolute Gasteiger partial charge is 0.501 e. The second kappa shape index (κ2) is 8.65. The van der Waals surface area contributed by atoms with E-state index in [1.54, 1.807) is 0 Å². The van der Waals surface area contributed by atoms with Crippen LogP contribution in [0.4, 0.5) is 18.9 Å². The standard InChI is InChI=1S/C20H22F3N3O3S/c1-25-10-12-26(13-11-25)18-5-3-2-4-16(18)14-24-19(27)15-6-8-17(9-7-15)30(28,29)20(21,22)23/h2-9H,10-14H2,1H3,(H,24,27). The van der Waals surface area contributed by atoms with Gasteiger partial charge in [0.2, 0.25) is 0 Å². The number of sulfone groups is 1. The fraction of sp³-hybridized carbons (Fsp3) is 0.350. The van der Waals surface area contributed by atoms with E-state index in [4.69, 9.17) is 0 Å². The SMILES string of the molecule is CN1CCN(c2ccccc2CNC(=O)c2ccc(S(=O)(=O)C(F)(F)F)cc2)CC1. The van der Waals surface area contributed by atoms with Gasteiger partial charge in [-0.25, -0.2) is 8.42 Å². The minimum absolute atomic E-state index is 0.0770. The Morgan fingerprint density at radius 1 is 1.00 bits per heavy atom. The number of alkyl halides is 3. The van der Waals surface area contributed by atoms with Gasteiger partial charge in [0.15, 0.2) is 0 Å². The molecule has 0 atom stereocenters. The molecular weight excluding hydrogens is 419 g/mol. The summed E-state index contributed by atoms with van der Waals surface area (Å²) in [7, 11) is -3.37. The molecule has 10 heteroatoms. The zero-order valence-corrected chi connectivity index (χ0v) is 17.1. The second-order valence-corrected chi connectivity index (χ2v) is 9.02. The third-order valence-corrected chi connectivity index (χ3v) is 6.51. The first-order valence-electron chi connectivity index (χ1n) is 9.30. The van der Waals surface area contributed by atoms with Crippen molar-refractivity contribution in [2.45, 2.75) is 16.9 Å². The Labute approximate surface area is 173 Å². The molecule has 3 rings (SSSR count). The number of piperazine rings is 1. The number of anilines is 1. The molecule has 2 aromatic carbocycles. The Bertz CT molecular complexity index is 1000. The van der Waals surface area contributed by atoms with Gasteiger partial charge < -0.3 is 15.1 Å². The number of rotatable bonds is 5. The number of carbonyl (C=O) groups is 1. The highest BCUT2D eigenvalue weighted by Gasteiger charge is 2.46. The van der Waals surface area contributed by atoms with Crippen molar-refractivity contribution < 1.29 is 26.4 Å². The molecule has 0 bridgehead atoms. The number of carbonyl (C=O) groups excluding carboxylic acids is 1. The summed E-state index contributed by atoms with van der Waals surface area (Å²) in [6.45, 7) is 3.86. The van der Waals surface area contributed by atoms with Crippen molar-refractivity contribution in [3.63, 3.8) is 0 Å². The minimum atomic E-state index is -5.44. The Balaban J connectivity index is 1.68. The Morgan fingerprint density at radius 3 is 2.20 bits per heavy atom. The summed E-state index contributed by atoms with van der Waals surface area (Å²) in [4.78, 5) is 16.0. The molecule has 162 valence electrons. The van der Waals surface area contributed by atoms with Gasteiger partial charge in [0.1, 0.15) is 0 Å². The van der Waals surface area contributed by atoms with Crippen LogP contribution in [-0.4, -0.2) is 58.0 Å². The molecule has 0 aliphatic carbocycles. The number of likely N-dealkylation sites (N-methyl/N-ethyl adjacent to an activating group) is 1. The number of halogens is 3. The predicted molar refractivity (Wildman–Crippen MR) is 107 cm³/mol. The highest BCUT2D eigenvalue weighted by molar-refractivity contribution is 7.92. The molecule has 0 unspecified atom stereocenters. The molecule has 1 saturated heterocycles. The summed E-state index contributed by atoms with van der Waals surface area (Å²) in [5, 5.41) is 2.74. The van der Waals surface area contributed by atoms with Gasteiger partial charge in [-0.05, 0) is 42.9 Å². The average molecular weight is 441 g/mol. The van der Waals surface area contributed by atoms with E-state index in [2.05, 4.69) is 22.2 Å². The number of amides is 1. The third kappa shape index (κ3) is 4.76. The molecular formula is C20H22F3N3O3S. The van der Waals surface area contributed by atoms with Crippen LogP contribution in [0.25, 0.3) is 0 Å². The molecule has 1 fully saturated rings. The quantitative estimate of drug-likeness (QED) is 0.773. The highest BCUT2D eigenvalue weighted by Crippen LogP contribution is 2.30. The predicted octanol–water partition coefficient (Wildman–Crippen LogP) is 2.66. The molecule has 30 heavy (non-hydrogen) atoms. The average Bonchev–Trinajstić information content (AvgIpc) is 2.72. The molecule has 6 nitrogen and oxygen atoms in total. The molecule has 1 amide bonds. The van der Waals surface area contributed by atoms with Gasteiger partial charge in [0.25, 0.3) is 15.7 Å². The van der Waals surface area contributed by atoms with Crippen molar-refractivity contribution in [2.75, 3.05) is 38.1 Å². The Hall–Kier alpha value is -2.59. The van der Waals surface area contributed by atoms with E-state index >= 15 is 0 Å². The van der Waals surface area contributed by atoms with Crippen LogP contribution in [0.2, 0.25) is 0 Å². The first kappa shape index (κ1) is 22.1. The normalized spacial score (nSPS) is 15.8. The van der Waals surface area contributed by atoms with Gasteiger partial charge in [-0.1, -0.05) is 18.2 Å². The number of nitrogens with one attached hydrogen (secondary N) is 1. The third-order valence-electron chi connectivity index (χ3n) is 5.01. The zero-order chi connectivity index (χ0) is 21.9. The Morgan fingerprint density at radius 2 is 1.60 bits per heavy atom. The molecule has 1 N–H and O–H groups in total. The molecule has 1 aliphatic heterocycles. The lowest BCUT2D eigenvalue weighted by Gasteiger charge is -2.35. The summed E-state index contributed by atoms with van der Waals surface area (Å²) < 4.78 is 60.7. The summed E-state index contributed by atoms with van der Waals surface area (Å²) in [6.07, 6.45) is 0. The first-order chi connectivity index (χ1) is 14.1. The van der Waals surface area contributed by atoms with Gasteiger partial charge in [0.05, 0.1) is 4.90 Å². The maximum absolute atomic E-state index is 12.6. The number of hydrogen-bond donors (Lipinski definition) is 1. The topological polar surface area (TPSA) is 69.7 Å². The summed E-state index contributed by atoms with van der Waals surface area (Å²) in [6, 6.07) is 11.4. The summed E-state index contributed by atoms with van der Waals surface area (Å²) >= 11 is 0. The van der Waals surface area contributed by atoms with E-state index in [1.165, 1.54) is 0 Å². The van der Waals surface area contributed by atoms with Crippen LogP contribution in [0, 0.1) is 0 Å². The zero-order valence-electron chi connectivity index (χ0n) is 16.3. The molecule has 0 saturated carbocycles. The molecule has 0 aromatic heterocycles. The molecule has 1 heterocycles. The van der Waals surface area contributed by atoms with E-state index in [0.29, 0.717) is 0 Å². The lowest BCUT2D eigenvalue weighted by Crippen LogP contribution is -2.45. The molecule has 2 aromatic rings. The van der Waals surface area contributed by atoms with Crippen LogP contribution in [0.1, 0.15) is 15.9 Å². The maximum Gasteiger partial charge on any atom is 0.501 e. The van der Waals surface area contributed by atoms with Crippen molar-refractivity contribution in [1.82, 2.24) is 10.2 Å². The highest BCUT2D eigenvalue weighted by atomic mass is 32.2. The first-order valence-corrected chi connectivity index (χ1v) is 10.8. The van der Waals surface area contributed by atoms with Crippen molar-refractivity contribution in [3.8, 4) is 0 Å². The van der Waals surface area contributed by atoms with Crippen molar-refractivity contribution >= 4 is 21.4 Å². The number of benzene rings is 2. The number of para-hydroxylation sites is 1. The summed E-state index contributed by atoms with van der Waals surface area (Å²) in [5.74, 6) is -0.501. The van der Waals surface area contributed by atoms with Crippen LogP contribution >= 0.6 is 0 Å². The van der Waals surface area contributed by atoms with E-state index in [-0.39, 0.29) is 12.1 Å². The maximum atomic E-state index is 12.6. The van der Waals surface area contributed by atoms with Gasteiger partial charge in [-0.2, -0.15) is 13.2 Å². The van der Waals surface area contributed by atoms with Gasteiger partial charge in [-0.3, -0.25) is 4.79 Å².